The van der Waals surface area contributed by atoms with E-state index in [1.54, 1.807) is 52.0 Å². The maximum atomic E-state index is 14.7. The molecule has 3 unspecified atom stereocenters. The predicted octanol–water partition coefficient (Wildman–Crippen LogP) is 4.53. The van der Waals surface area contributed by atoms with E-state index in [-0.39, 0.29) is 17.9 Å². The third kappa shape index (κ3) is 11.1. The molecule has 0 heterocycles. The number of alkyl carbamates (subject to hydrolysis) is 1. The van der Waals surface area contributed by atoms with Crippen LogP contribution in [0.2, 0.25) is 0 Å². The Bertz CT molecular complexity index is 1290. The minimum absolute atomic E-state index is 0.0185. The minimum Gasteiger partial charge on any atom is -0.508 e. The number of aryl methyl sites for hydroxylation is 1. The molecule has 11 heteroatoms. The first-order valence-corrected chi connectivity index (χ1v) is 14.8. The average molecular weight is 614 g/mol. The van der Waals surface area contributed by atoms with Gasteiger partial charge in [-0.3, -0.25) is 14.4 Å². The van der Waals surface area contributed by atoms with E-state index in [2.05, 4.69) is 24.5 Å². The van der Waals surface area contributed by atoms with Gasteiger partial charge in [0.1, 0.15) is 35.7 Å². The van der Waals surface area contributed by atoms with Gasteiger partial charge in [0.15, 0.2) is 0 Å². The van der Waals surface area contributed by atoms with Crippen LogP contribution in [-0.4, -0.2) is 70.3 Å². The second-order valence-corrected chi connectivity index (χ2v) is 12.4. The summed E-state index contributed by atoms with van der Waals surface area (Å²) in [6, 6.07) is 7.98. The van der Waals surface area contributed by atoms with E-state index >= 15 is 0 Å². The molecule has 0 spiro atoms. The van der Waals surface area contributed by atoms with Crippen molar-refractivity contribution in [2.75, 3.05) is 13.7 Å². The Morgan fingerprint density at radius 3 is 2.14 bits per heavy atom. The van der Waals surface area contributed by atoms with Crippen LogP contribution >= 0.6 is 0 Å². The number of rotatable bonds is 13. The van der Waals surface area contributed by atoms with Crippen molar-refractivity contribution in [3.05, 3.63) is 59.2 Å². The fourth-order valence-electron chi connectivity index (χ4n) is 4.63. The molecule has 0 radical (unpaired) electrons. The molecule has 0 aliphatic carbocycles. The summed E-state index contributed by atoms with van der Waals surface area (Å²) in [7, 11) is 1.20. The van der Waals surface area contributed by atoms with Gasteiger partial charge in [-0.15, -0.1) is 0 Å². The maximum Gasteiger partial charge on any atom is 0.408 e. The quantitative estimate of drug-likeness (QED) is 0.240. The molecule has 0 saturated carbocycles. The van der Waals surface area contributed by atoms with Crippen molar-refractivity contribution < 1.29 is 38.9 Å². The van der Waals surface area contributed by atoms with Crippen LogP contribution in [0, 0.1) is 12.8 Å². The molecule has 0 saturated heterocycles. The van der Waals surface area contributed by atoms with Gasteiger partial charge in [0.05, 0.1) is 7.11 Å². The van der Waals surface area contributed by atoms with E-state index in [0.29, 0.717) is 29.0 Å². The number of phenolic OH excluding ortho intramolecular Hbond substituents is 2. The summed E-state index contributed by atoms with van der Waals surface area (Å²) < 4.78 is 10.2. The summed E-state index contributed by atoms with van der Waals surface area (Å²) in [4.78, 5) is 54.9. The first-order chi connectivity index (χ1) is 20.5. The lowest BCUT2D eigenvalue weighted by Gasteiger charge is -2.39. The highest BCUT2D eigenvalue weighted by atomic mass is 16.6. The number of carbonyl (C=O) groups is 4. The van der Waals surface area contributed by atoms with Crippen molar-refractivity contribution in [2.24, 2.45) is 5.92 Å². The number of phenols is 2. The Balaban J connectivity index is 2.68. The Hall–Kier alpha value is -4.28. The summed E-state index contributed by atoms with van der Waals surface area (Å²) in [5, 5.41) is 25.3. The highest BCUT2D eigenvalue weighted by molar-refractivity contribution is 5.93. The van der Waals surface area contributed by atoms with Crippen LogP contribution in [0.5, 0.6) is 11.5 Å². The van der Waals surface area contributed by atoms with Crippen molar-refractivity contribution in [3.63, 3.8) is 0 Å². The molecule has 0 bridgehead atoms. The Kier molecular flexibility index (Phi) is 13.0. The maximum absolute atomic E-state index is 14.7. The second-order valence-electron chi connectivity index (χ2n) is 12.4. The molecule has 3 amide bonds. The van der Waals surface area contributed by atoms with Gasteiger partial charge in [-0.05, 0) is 94.3 Å². The molecule has 11 nitrogen and oxygen atoms in total. The molecular formula is C33H47N3O8. The lowest BCUT2D eigenvalue weighted by molar-refractivity contribution is -0.146. The monoisotopic (exact) mass is 613 g/mol. The van der Waals surface area contributed by atoms with Crippen molar-refractivity contribution >= 4 is 23.9 Å². The van der Waals surface area contributed by atoms with Gasteiger partial charge in [0.25, 0.3) is 0 Å². The number of nitrogens with zero attached hydrogens (tertiary/aromatic N) is 1. The zero-order valence-corrected chi connectivity index (χ0v) is 27.0. The second kappa shape index (κ2) is 16.0. The first-order valence-electron chi connectivity index (χ1n) is 14.8. The van der Waals surface area contributed by atoms with Crippen molar-refractivity contribution in [1.29, 1.82) is 0 Å². The number of carbonyl (C=O) groups excluding carboxylic acids is 4. The van der Waals surface area contributed by atoms with Gasteiger partial charge in [-0.1, -0.05) is 32.0 Å². The van der Waals surface area contributed by atoms with Crippen LogP contribution in [0.25, 0.3) is 0 Å². The number of methoxy groups -OCH3 is 1. The number of aromatic hydroxyl groups is 2. The van der Waals surface area contributed by atoms with E-state index < -0.39 is 54.1 Å². The highest BCUT2D eigenvalue weighted by Crippen LogP contribution is 2.30. The Morgan fingerprint density at radius 2 is 1.59 bits per heavy atom. The molecule has 4 N–H and O–H groups in total. The smallest absolute Gasteiger partial charge is 0.408 e. The van der Waals surface area contributed by atoms with Crippen LogP contribution in [0.3, 0.4) is 0 Å². The predicted molar refractivity (Wildman–Crippen MR) is 166 cm³/mol. The summed E-state index contributed by atoms with van der Waals surface area (Å²) in [5.74, 6) is -1.48. The number of ether oxygens (including phenoxy) is 2. The Labute approximate surface area is 259 Å². The van der Waals surface area contributed by atoms with Crippen molar-refractivity contribution in [3.8, 4) is 11.5 Å². The fraction of sp³-hybridized carbons (Fsp3) is 0.515. The van der Waals surface area contributed by atoms with Crippen LogP contribution < -0.4 is 10.6 Å². The van der Waals surface area contributed by atoms with E-state index in [1.807, 2.05) is 6.92 Å². The Morgan fingerprint density at radius 1 is 0.955 bits per heavy atom. The first kappa shape index (κ1) is 35.9. The number of amides is 3. The molecule has 44 heavy (non-hydrogen) atoms. The molecule has 0 fully saturated rings. The van der Waals surface area contributed by atoms with Crippen LogP contribution in [0.4, 0.5) is 4.79 Å². The standard InChI is InChI=1S/C33H47N3O8/c1-20(2)9-10-22(4)36(29(30(40)34-19-28(39)43-8)24-13-16-27(38)21(3)17-24)31(41)26(35-32(42)44-33(5,6)7)18-23-11-14-25(37)15-12-23/h11-17,20,22,26,29,37-38H,9-10,18-19H2,1-8H3,(H,34,40)(H,35,42). The zero-order chi connectivity index (χ0) is 33.2. The largest absolute Gasteiger partial charge is 0.508 e. The molecular weight excluding hydrogens is 566 g/mol. The van der Waals surface area contributed by atoms with Gasteiger partial charge >= 0.3 is 12.1 Å². The van der Waals surface area contributed by atoms with Crippen molar-refractivity contribution in [1.82, 2.24) is 15.5 Å². The van der Waals surface area contributed by atoms with E-state index in [9.17, 15) is 29.4 Å². The lowest BCUT2D eigenvalue weighted by Crippen LogP contribution is -2.56. The van der Waals surface area contributed by atoms with Gasteiger partial charge in [0.2, 0.25) is 11.8 Å². The highest BCUT2D eigenvalue weighted by Gasteiger charge is 2.39. The third-order valence-electron chi connectivity index (χ3n) is 6.95. The molecule has 242 valence electrons. The van der Waals surface area contributed by atoms with Crippen LogP contribution in [-0.2, 0) is 30.3 Å². The average Bonchev–Trinajstić information content (AvgIpc) is 2.94. The number of hydrogen-bond donors (Lipinski definition) is 4. The number of esters is 1. The molecule has 0 aliphatic rings. The van der Waals surface area contributed by atoms with Gasteiger partial charge in [-0.2, -0.15) is 0 Å². The summed E-state index contributed by atoms with van der Waals surface area (Å²) in [6.45, 7) is 12.3. The zero-order valence-electron chi connectivity index (χ0n) is 27.0. The molecule has 2 aromatic rings. The number of benzene rings is 2. The molecule has 3 atom stereocenters. The summed E-state index contributed by atoms with van der Waals surface area (Å²) in [5.41, 5.74) is 0.718. The van der Waals surface area contributed by atoms with Crippen LogP contribution in [0.15, 0.2) is 42.5 Å². The minimum atomic E-state index is -1.23. The van der Waals surface area contributed by atoms with Gasteiger partial charge in [-0.25, -0.2) is 4.79 Å². The van der Waals surface area contributed by atoms with E-state index in [0.717, 1.165) is 6.42 Å². The van der Waals surface area contributed by atoms with Crippen molar-refractivity contribution in [2.45, 2.75) is 91.5 Å². The van der Waals surface area contributed by atoms with Crippen LogP contribution in [0.1, 0.15) is 77.1 Å². The third-order valence-corrected chi connectivity index (χ3v) is 6.95. The molecule has 0 aromatic heterocycles. The van der Waals surface area contributed by atoms with E-state index in [4.69, 9.17) is 9.47 Å². The summed E-state index contributed by atoms with van der Waals surface area (Å²) in [6.07, 6.45) is 0.519. The van der Waals surface area contributed by atoms with Gasteiger partial charge < -0.3 is 35.2 Å². The normalized spacial score (nSPS) is 13.4. The SMILES string of the molecule is COC(=O)CNC(=O)C(c1ccc(O)c(C)c1)N(C(=O)C(Cc1ccc(O)cc1)NC(=O)OC(C)(C)C)C(C)CCC(C)C. The lowest BCUT2D eigenvalue weighted by atomic mass is 9.95. The number of nitrogens with one attached hydrogen (secondary N) is 2. The number of hydrogen-bond acceptors (Lipinski definition) is 8. The molecule has 2 aromatic carbocycles. The van der Waals surface area contributed by atoms with Gasteiger partial charge in [0, 0.05) is 12.5 Å². The van der Waals surface area contributed by atoms with E-state index in [1.165, 1.54) is 30.2 Å². The summed E-state index contributed by atoms with van der Waals surface area (Å²) >= 11 is 0. The molecule has 2 rings (SSSR count). The topological polar surface area (TPSA) is 154 Å². The fourth-order valence-corrected chi connectivity index (χ4v) is 4.63. The molecule has 0 aliphatic heterocycles.